The summed E-state index contributed by atoms with van der Waals surface area (Å²) in [6.07, 6.45) is 1.24. The van der Waals surface area contributed by atoms with Crippen LogP contribution in [-0.4, -0.2) is 57.3 Å². The Kier molecular flexibility index (Phi) is 22.3. The molecule has 2 heterocycles. The van der Waals surface area contributed by atoms with Gasteiger partial charge in [0.05, 0.1) is 6.61 Å². The van der Waals surface area contributed by atoms with E-state index in [1.165, 1.54) is 5.57 Å². The van der Waals surface area contributed by atoms with E-state index < -0.39 is 18.1 Å². The topological polar surface area (TPSA) is 122 Å². The van der Waals surface area contributed by atoms with E-state index in [0.717, 1.165) is 36.3 Å². The predicted molar refractivity (Wildman–Crippen MR) is 157 cm³/mol. The highest BCUT2D eigenvalue weighted by molar-refractivity contribution is 6.19. The molecule has 2 aromatic heterocycles. The summed E-state index contributed by atoms with van der Waals surface area (Å²) in [5.41, 5.74) is 3.30. The minimum absolute atomic E-state index is 0.0914. The first-order valence-electron chi connectivity index (χ1n) is 12.7. The van der Waals surface area contributed by atoms with Crippen LogP contribution in [0.3, 0.4) is 0 Å². The zero-order valence-electron chi connectivity index (χ0n) is 24.0. The fourth-order valence-corrected chi connectivity index (χ4v) is 2.32. The molecule has 0 radical (unpaired) electrons. The van der Waals surface area contributed by atoms with Crippen molar-refractivity contribution in [1.82, 2.24) is 9.97 Å². The smallest absolute Gasteiger partial charge is 0.481 e. The molecule has 0 aliphatic carbocycles. The molecule has 3 N–H and O–H groups in total. The van der Waals surface area contributed by atoms with Gasteiger partial charge in [-0.2, -0.15) is 13.2 Å². The molecule has 0 spiro atoms. The number of nitrogens with one attached hydrogen (secondary N) is 1. The molecule has 1 unspecified atom stereocenters. The maximum atomic E-state index is 10.7. The number of rotatable bonds is 12. The van der Waals surface area contributed by atoms with Gasteiger partial charge in [0.25, 0.3) is 0 Å². The molecule has 2 rings (SSSR count). The second kappa shape index (κ2) is 23.1. The molecule has 41 heavy (non-hydrogen) atoms. The number of aliphatic carboxylic acids is 2. The number of anilines is 1. The molecule has 0 aliphatic rings. The average Bonchev–Trinajstić information content (AvgIpc) is 2.90. The zero-order valence-corrected chi connectivity index (χ0v) is 24.8. The Hall–Kier alpha value is -3.60. The average molecular weight is 604 g/mol. The lowest BCUT2D eigenvalue weighted by atomic mass is 9.99. The van der Waals surface area contributed by atoms with Crippen LogP contribution in [0.15, 0.2) is 67.0 Å². The van der Waals surface area contributed by atoms with Crippen LogP contribution in [0.2, 0.25) is 0 Å². The molecule has 0 saturated carbocycles. The Morgan fingerprint density at radius 2 is 1.68 bits per heavy atom. The third-order valence-corrected chi connectivity index (χ3v) is 4.98. The SMILES string of the molecule is C=C(C)CC.C=C(C)CCl.CC(CC(=O)O)Cc1ccc(OCCCNc2ccccn2)nc1.O=C(O)C(F)(F)F. The molecule has 12 heteroatoms. The fraction of sp³-hybridized carbons (Fsp3) is 0.448. The van der Waals surface area contributed by atoms with Crippen LogP contribution in [0.4, 0.5) is 19.0 Å². The molecule has 0 saturated heterocycles. The Morgan fingerprint density at radius 1 is 1.10 bits per heavy atom. The van der Waals surface area contributed by atoms with Crippen LogP contribution in [0, 0.1) is 5.92 Å². The minimum atomic E-state index is -5.08. The number of alkyl halides is 4. The van der Waals surface area contributed by atoms with Crippen molar-refractivity contribution in [1.29, 1.82) is 0 Å². The summed E-state index contributed by atoms with van der Waals surface area (Å²) in [7, 11) is 0. The lowest BCUT2D eigenvalue weighted by Gasteiger charge is -2.10. The summed E-state index contributed by atoms with van der Waals surface area (Å²) in [5.74, 6) is -1.41. The van der Waals surface area contributed by atoms with E-state index in [1.54, 1.807) is 12.4 Å². The Morgan fingerprint density at radius 3 is 2.07 bits per heavy atom. The molecule has 0 bridgehead atoms. The first-order chi connectivity index (χ1) is 19.1. The normalized spacial score (nSPS) is 10.6. The molecule has 0 fully saturated rings. The van der Waals surface area contributed by atoms with E-state index in [0.29, 0.717) is 24.8 Å². The maximum Gasteiger partial charge on any atom is 0.490 e. The van der Waals surface area contributed by atoms with E-state index in [-0.39, 0.29) is 12.3 Å². The molecular formula is C29H41ClF3N3O5. The molecule has 1 atom stereocenters. The van der Waals surface area contributed by atoms with Crippen LogP contribution in [0.5, 0.6) is 5.88 Å². The number of carboxylic acid groups (broad SMARTS) is 2. The first-order valence-corrected chi connectivity index (χ1v) is 13.2. The van der Waals surface area contributed by atoms with E-state index in [2.05, 4.69) is 35.4 Å². The third-order valence-electron chi connectivity index (χ3n) is 4.52. The van der Waals surface area contributed by atoms with Gasteiger partial charge in [0.1, 0.15) is 5.82 Å². The van der Waals surface area contributed by atoms with Crippen molar-refractivity contribution in [3.8, 4) is 5.88 Å². The molecular weight excluding hydrogens is 563 g/mol. The largest absolute Gasteiger partial charge is 0.490 e. The maximum absolute atomic E-state index is 10.7. The van der Waals surface area contributed by atoms with Crippen molar-refractivity contribution >= 4 is 29.4 Å². The standard InChI is InChI=1S/C18H23N3O3.C5H10.C4H7Cl.C2HF3O2/c1-14(12-18(22)23)11-15-6-7-17(21-13-15)24-10-4-9-20-16-5-2-3-8-19-16;1-4-5(2)3;1-4(2)3-5;3-2(4,5)1(6)7/h2-3,5-8,13-14H,4,9-12H2,1H3,(H,19,20)(H,22,23);2,4H2,1,3H3;1,3H2,2H3;(H,6,7). The van der Waals surface area contributed by atoms with Crippen LogP contribution in [0.1, 0.15) is 52.5 Å². The summed E-state index contributed by atoms with van der Waals surface area (Å²) in [4.78, 5) is 28.0. The van der Waals surface area contributed by atoms with Gasteiger partial charge < -0.3 is 20.3 Å². The molecule has 0 amide bonds. The van der Waals surface area contributed by atoms with Crippen molar-refractivity contribution in [2.24, 2.45) is 5.92 Å². The Labute approximate surface area is 245 Å². The number of carboxylic acids is 2. The van der Waals surface area contributed by atoms with Crippen molar-refractivity contribution in [2.45, 2.75) is 59.6 Å². The Bertz CT molecular complexity index is 1010. The highest BCUT2D eigenvalue weighted by Crippen LogP contribution is 2.14. The highest BCUT2D eigenvalue weighted by atomic mass is 35.5. The molecule has 230 valence electrons. The number of hydrogen-bond donors (Lipinski definition) is 3. The number of carbonyl (C=O) groups is 2. The van der Waals surface area contributed by atoms with Gasteiger partial charge in [-0.15, -0.1) is 18.2 Å². The number of nitrogens with zero attached hydrogens (tertiary/aromatic N) is 2. The summed E-state index contributed by atoms with van der Waals surface area (Å²) < 4.78 is 37.3. The van der Waals surface area contributed by atoms with Gasteiger partial charge in [-0.25, -0.2) is 14.8 Å². The van der Waals surface area contributed by atoms with E-state index in [1.807, 2.05) is 51.1 Å². The number of hydrogen-bond acceptors (Lipinski definition) is 6. The summed E-state index contributed by atoms with van der Waals surface area (Å²) in [5, 5.41) is 19.1. The van der Waals surface area contributed by atoms with Crippen molar-refractivity contribution < 1.29 is 37.7 Å². The second-order valence-corrected chi connectivity index (χ2v) is 9.23. The molecule has 2 aromatic rings. The van der Waals surface area contributed by atoms with Gasteiger partial charge in [-0.1, -0.05) is 43.7 Å². The van der Waals surface area contributed by atoms with Crippen molar-refractivity contribution in [2.75, 3.05) is 24.3 Å². The molecule has 0 aliphatic heterocycles. The van der Waals surface area contributed by atoms with Crippen molar-refractivity contribution in [3.63, 3.8) is 0 Å². The van der Waals surface area contributed by atoms with Gasteiger partial charge in [-0.05, 0) is 56.7 Å². The molecule has 8 nitrogen and oxygen atoms in total. The highest BCUT2D eigenvalue weighted by Gasteiger charge is 2.38. The minimum Gasteiger partial charge on any atom is -0.481 e. The first kappa shape index (κ1) is 39.5. The van der Waals surface area contributed by atoms with Crippen LogP contribution < -0.4 is 10.1 Å². The molecule has 0 aromatic carbocycles. The number of aromatic nitrogens is 2. The van der Waals surface area contributed by atoms with Crippen LogP contribution in [0.25, 0.3) is 0 Å². The number of allylic oxidation sites excluding steroid dienone is 2. The van der Waals surface area contributed by atoms with Crippen LogP contribution in [-0.2, 0) is 16.0 Å². The van der Waals surface area contributed by atoms with Gasteiger partial charge in [0.15, 0.2) is 0 Å². The monoisotopic (exact) mass is 603 g/mol. The second-order valence-electron chi connectivity index (χ2n) is 8.96. The van der Waals surface area contributed by atoms with E-state index in [9.17, 15) is 18.0 Å². The van der Waals surface area contributed by atoms with E-state index in [4.69, 9.17) is 31.3 Å². The van der Waals surface area contributed by atoms with Gasteiger partial charge in [0, 0.05) is 37.3 Å². The number of halogens is 4. The third kappa shape index (κ3) is 26.4. The predicted octanol–water partition coefficient (Wildman–Crippen LogP) is 7.42. The lowest BCUT2D eigenvalue weighted by Crippen LogP contribution is -2.21. The zero-order chi connectivity index (χ0) is 31.8. The quantitative estimate of drug-likeness (QED) is 0.130. The van der Waals surface area contributed by atoms with Gasteiger partial charge in [-0.3, -0.25) is 4.79 Å². The van der Waals surface area contributed by atoms with Gasteiger partial charge >= 0.3 is 18.1 Å². The summed E-state index contributed by atoms with van der Waals surface area (Å²) >= 11 is 5.24. The Balaban J connectivity index is 0. The number of ether oxygens (including phenoxy) is 1. The summed E-state index contributed by atoms with van der Waals surface area (Å²) in [6, 6.07) is 9.51. The van der Waals surface area contributed by atoms with E-state index >= 15 is 0 Å². The number of pyridine rings is 2. The van der Waals surface area contributed by atoms with Gasteiger partial charge in [0.2, 0.25) is 5.88 Å². The lowest BCUT2D eigenvalue weighted by molar-refractivity contribution is -0.192. The fourth-order valence-electron chi connectivity index (χ4n) is 2.32. The summed E-state index contributed by atoms with van der Waals surface area (Å²) in [6.45, 7) is 16.5. The van der Waals surface area contributed by atoms with Crippen LogP contribution >= 0.6 is 11.6 Å². The van der Waals surface area contributed by atoms with Crippen molar-refractivity contribution in [3.05, 3.63) is 72.6 Å².